The molecule has 0 spiro atoms. The summed E-state index contributed by atoms with van der Waals surface area (Å²) in [4.78, 5) is 36.0. The van der Waals surface area contributed by atoms with Gasteiger partial charge in [-0.3, -0.25) is 14.9 Å². The molecule has 9 nitrogen and oxygen atoms in total. The normalized spacial score (nSPS) is 18.1. The van der Waals surface area contributed by atoms with Crippen molar-refractivity contribution in [2.24, 2.45) is 11.8 Å². The van der Waals surface area contributed by atoms with Crippen LogP contribution in [0, 0.1) is 17.8 Å². The molecule has 0 radical (unpaired) electrons. The van der Waals surface area contributed by atoms with Crippen LogP contribution in [-0.4, -0.2) is 34.3 Å². The zero-order valence-corrected chi connectivity index (χ0v) is 20.1. The van der Waals surface area contributed by atoms with Gasteiger partial charge in [-0.25, -0.2) is 4.79 Å². The van der Waals surface area contributed by atoms with Crippen LogP contribution < -0.4 is 10.6 Å². The van der Waals surface area contributed by atoms with Crippen LogP contribution in [0.5, 0.6) is 0 Å². The van der Waals surface area contributed by atoms with Crippen LogP contribution in [0.15, 0.2) is 53.1 Å². The van der Waals surface area contributed by atoms with Crippen LogP contribution in [0.1, 0.15) is 42.3 Å². The van der Waals surface area contributed by atoms with E-state index in [1.54, 1.807) is 38.1 Å². The number of aliphatic carboxylic acids is 1. The monoisotopic (exact) mass is 515 g/mol. The number of anilines is 1. The molecule has 4 unspecified atom stereocenters. The number of halogens is 2. The molecule has 3 N–H and O–H groups in total. The zero-order valence-electron chi connectivity index (χ0n) is 19.3. The highest BCUT2D eigenvalue weighted by Crippen LogP contribution is 2.38. The summed E-state index contributed by atoms with van der Waals surface area (Å²) < 4.78 is 24.2. The molecule has 1 fully saturated rings. The molecule has 1 aliphatic carbocycles. The summed E-state index contributed by atoms with van der Waals surface area (Å²) in [7, 11) is 0. The van der Waals surface area contributed by atoms with Crippen molar-refractivity contribution in [3.8, 4) is 11.3 Å². The Labute approximate surface area is 210 Å². The van der Waals surface area contributed by atoms with E-state index in [0.29, 0.717) is 28.1 Å². The van der Waals surface area contributed by atoms with E-state index < -0.39 is 30.1 Å². The van der Waals surface area contributed by atoms with Crippen molar-refractivity contribution in [3.63, 3.8) is 0 Å². The van der Waals surface area contributed by atoms with Crippen molar-refractivity contribution in [1.82, 2.24) is 10.5 Å². The quantitative estimate of drug-likeness (QED) is 0.372. The predicted molar refractivity (Wildman–Crippen MR) is 128 cm³/mol. The lowest BCUT2D eigenvalue weighted by Crippen LogP contribution is -2.28. The molecule has 1 saturated carbocycles. The topological polar surface area (TPSA) is 131 Å². The lowest BCUT2D eigenvalue weighted by atomic mass is 10.1. The van der Waals surface area contributed by atoms with Crippen LogP contribution in [-0.2, 0) is 9.53 Å². The number of benzene rings is 2. The van der Waals surface area contributed by atoms with E-state index >= 15 is 0 Å². The van der Waals surface area contributed by atoms with Gasteiger partial charge in [-0.1, -0.05) is 54.0 Å². The highest BCUT2D eigenvalue weighted by Gasteiger charge is 2.44. The van der Waals surface area contributed by atoms with Gasteiger partial charge in [-0.2, -0.15) is 4.39 Å². The Hall–Kier alpha value is -3.92. The van der Waals surface area contributed by atoms with Crippen molar-refractivity contribution >= 4 is 35.3 Å². The number of carbonyl (C=O) groups excluding carboxylic acids is 2. The number of rotatable bonds is 8. The van der Waals surface area contributed by atoms with E-state index in [1.165, 1.54) is 24.3 Å². The van der Waals surface area contributed by atoms with Gasteiger partial charge >= 0.3 is 18.1 Å². The first-order valence-electron chi connectivity index (χ1n) is 11.2. The van der Waals surface area contributed by atoms with Crippen LogP contribution in [0.2, 0.25) is 5.02 Å². The van der Waals surface area contributed by atoms with E-state index in [2.05, 4.69) is 20.3 Å². The molecule has 0 bridgehead atoms. The van der Waals surface area contributed by atoms with Gasteiger partial charge in [0.1, 0.15) is 17.5 Å². The average molecular weight is 516 g/mol. The number of hydrogen-bond donors (Lipinski definition) is 3. The third-order valence-corrected chi connectivity index (χ3v) is 6.46. The molecule has 1 heterocycles. The van der Waals surface area contributed by atoms with Gasteiger partial charge < -0.3 is 19.7 Å². The largest absolute Gasteiger partial charge is 0.481 e. The van der Waals surface area contributed by atoms with Gasteiger partial charge in [0, 0.05) is 27.8 Å². The fraction of sp³-hybridized carbons (Fsp3) is 0.280. The molecular formula is C25H23ClFN3O6. The zero-order chi connectivity index (χ0) is 26.0. The Balaban J connectivity index is 1.40. The van der Waals surface area contributed by atoms with Crippen molar-refractivity contribution in [2.45, 2.75) is 32.4 Å². The van der Waals surface area contributed by atoms with Gasteiger partial charge in [-0.15, -0.1) is 0 Å². The number of aromatic nitrogens is 1. The summed E-state index contributed by atoms with van der Waals surface area (Å²) in [5, 5.41) is 18.3. The summed E-state index contributed by atoms with van der Waals surface area (Å²) in [6.45, 7) is 3.24. The Morgan fingerprint density at radius 1 is 1.17 bits per heavy atom. The summed E-state index contributed by atoms with van der Waals surface area (Å²) in [6, 6.07) is 11.6. The Morgan fingerprint density at radius 2 is 1.86 bits per heavy atom. The molecule has 4 atom stereocenters. The molecule has 2 amide bonds. The number of carbonyl (C=O) groups is 3. The van der Waals surface area contributed by atoms with Gasteiger partial charge in [-0.05, 0) is 37.5 Å². The molecule has 4 rings (SSSR count). The summed E-state index contributed by atoms with van der Waals surface area (Å²) in [5.41, 5.74) is 1.01. The SMILES string of the molecule is CC(OC(=O)Nc1c(-c2ccc(C(=O)NC3CC3C(C)C(=O)O)cc2)noc1F)c1ccccc1Cl. The molecule has 3 aromatic rings. The Kier molecular flexibility index (Phi) is 7.25. The van der Waals surface area contributed by atoms with Gasteiger partial charge in [0.15, 0.2) is 0 Å². The molecule has 0 saturated heterocycles. The van der Waals surface area contributed by atoms with E-state index in [-0.39, 0.29) is 29.2 Å². The third-order valence-electron chi connectivity index (χ3n) is 6.11. The standard InChI is InChI=1S/C25H23ClFN3O6/c1-12(24(32)33)17-11-19(17)28-23(31)15-9-7-14(8-10-15)20-21(22(27)36-30-20)29-25(34)35-13(2)16-5-3-4-6-18(16)26/h3-10,12-13,17,19H,11H2,1-2H3,(H,28,31)(H,29,34)(H,32,33). The summed E-state index contributed by atoms with van der Waals surface area (Å²) in [6.07, 6.45) is -1.03. The van der Waals surface area contributed by atoms with Crippen LogP contribution in [0.4, 0.5) is 14.9 Å². The van der Waals surface area contributed by atoms with E-state index in [1.807, 2.05) is 0 Å². The fourth-order valence-electron chi connectivity index (χ4n) is 3.88. The number of ether oxygens (including phenoxy) is 1. The van der Waals surface area contributed by atoms with E-state index in [0.717, 1.165) is 0 Å². The second-order valence-corrected chi connectivity index (χ2v) is 8.96. The first-order valence-corrected chi connectivity index (χ1v) is 11.5. The van der Waals surface area contributed by atoms with E-state index in [4.69, 9.17) is 21.4 Å². The van der Waals surface area contributed by atoms with Gasteiger partial charge in [0.05, 0.1) is 5.92 Å². The summed E-state index contributed by atoms with van der Waals surface area (Å²) in [5.74, 6) is -1.89. The number of carboxylic acids is 1. The second-order valence-electron chi connectivity index (χ2n) is 8.56. The van der Waals surface area contributed by atoms with Crippen molar-refractivity contribution in [1.29, 1.82) is 0 Å². The highest BCUT2D eigenvalue weighted by molar-refractivity contribution is 6.31. The maximum atomic E-state index is 14.3. The molecule has 1 aromatic heterocycles. The second kappa shape index (κ2) is 10.4. The van der Waals surface area contributed by atoms with Crippen molar-refractivity contribution < 1.29 is 33.1 Å². The number of hydrogen-bond acceptors (Lipinski definition) is 6. The first-order chi connectivity index (χ1) is 17.2. The maximum Gasteiger partial charge on any atom is 0.412 e. The highest BCUT2D eigenvalue weighted by atomic mass is 35.5. The third kappa shape index (κ3) is 5.49. The van der Waals surface area contributed by atoms with Crippen LogP contribution in [0.3, 0.4) is 0 Å². The lowest BCUT2D eigenvalue weighted by Gasteiger charge is -2.15. The molecule has 0 aliphatic heterocycles. The molecule has 2 aromatic carbocycles. The predicted octanol–water partition coefficient (Wildman–Crippen LogP) is 5.28. The van der Waals surface area contributed by atoms with E-state index in [9.17, 15) is 18.8 Å². The molecule has 36 heavy (non-hydrogen) atoms. The molecule has 1 aliphatic rings. The molecule has 11 heteroatoms. The number of nitrogens with zero attached hydrogens (tertiary/aromatic N) is 1. The van der Waals surface area contributed by atoms with Crippen molar-refractivity contribution in [3.05, 3.63) is 70.7 Å². The first kappa shape index (κ1) is 25.2. The summed E-state index contributed by atoms with van der Waals surface area (Å²) >= 11 is 6.13. The van der Waals surface area contributed by atoms with Crippen LogP contribution >= 0.6 is 11.6 Å². The smallest absolute Gasteiger partial charge is 0.412 e. The van der Waals surface area contributed by atoms with Gasteiger partial charge in [0.25, 0.3) is 5.91 Å². The number of nitrogens with one attached hydrogen (secondary N) is 2. The lowest BCUT2D eigenvalue weighted by molar-refractivity contribution is -0.141. The molecular weight excluding hydrogens is 493 g/mol. The van der Waals surface area contributed by atoms with Crippen molar-refractivity contribution in [2.75, 3.05) is 5.32 Å². The number of amides is 2. The minimum absolute atomic E-state index is 0.0133. The van der Waals surface area contributed by atoms with Crippen LogP contribution in [0.25, 0.3) is 11.3 Å². The minimum atomic E-state index is -1.11. The minimum Gasteiger partial charge on any atom is -0.481 e. The average Bonchev–Trinajstić information content (AvgIpc) is 3.52. The Morgan fingerprint density at radius 3 is 2.53 bits per heavy atom. The Bertz CT molecular complexity index is 1300. The van der Waals surface area contributed by atoms with Gasteiger partial charge in [0.2, 0.25) is 0 Å². The fourth-order valence-corrected chi connectivity index (χ4v) is 4.17. The molecule has 188 valence electrons. The number of carboxylic acid groups (broad SMARTS) is 1. The maximum absolute atomic E-state index is 14.3.